The molecule has 6 heteroatoms. The van der Waals surface area contributed by atoms with Gasteiger partial charge in [0.2, 0.25) is 5.78 Å². The molecule has 0 atom stereocenters. The summed E-state index contributed by atoms with van der Waals surface area (Å²) in [6.07, 6.45) is 1.94. The molecule has 0 unspecified atom stereocenters. The molecule has 3 N–H and O–H groups in total. The summed E-state index contributed by atoms with van der Waals surface area (Å²) < 4.78 is 6.66. The molecule has 2 aromatic carbocycles. The predicted molar refractivity (Wildman–Crippen MR) is 114 cm³/mol. The largest absolute Gasteiger partial charge is 0.453 e. The maximum Gasteiger partial charge on any atom is 0.202 e. The Bertz CT molecular complexity index is 1150. The molecule has 0 saturated carbocycles. The first-order chi connectivity index (χ1) is 13.6. The minimum absolute atomic E-state index is 0.0473. The van der Waals surface area contributed by atoms with Crippen molar-refractivity contribution in [1.82, 2.24) is 4.98 Å². The van der Waals surface area contributed by atoms with Gasteiger partial charge in [-0.15, -0.1) is 0 Å². The number of carbonyl (C=O) groups is 1. The van der Waals surface area contributed by atoms with E-state index in [4.69, 9.17) is 10.2 Å². The molecule has 2 heterocycles. The van der Waals surface area contributed by atoms with Crippen LogP contribution in [0.1, 0.15) is 21.7 Å². The van der Waals surface area contributed by atoms with Gasteiger partial charge < -0.3 is 15.5 Å². The van der Waals surface area contributed by atoms with Crippen molar-refractivity contribution in [2.75, 3.05) is 11.1 Å². The van der Waals surface area contributed by atoms with Crippen molar-refractivity contribution in [2.24, 2.45) is 0 Å². The van der Waals surface area contributed by atoms with Crippen LogP contribution >= 0.6 is 15.9 Å². The van der Waals surface area contributed by atoms with Crippen LogP contribution in [-0.2, 0) is 13.0 Å². The smallest absolute Gasteiger partial charge is 0.202 e. The molecule has 0 aliphatic heterocycles. The number of aromatic nitrogens is 1. The van der Waals surface area contributed by atoms with Crippen molar-refractivity contribution in [1.29, 1.82) is 0 Å². The number of nitrogen functional groups attached to an aromatic ring is 1. The number of halogens is 1. The molecule has 140 valence electrons. The minimum Gasteiger partial charge on any atom is -0.453 e. The molecule has 0 radical (unpaired) electrons. The van der Waals surface area contributed by atoms with E-state index in [2.05, 4.69) is 26.2 Å². The minimum atomic E-state index is -0.0473. The molecule has 0 spiro atoms. The summed E-state index contributed by atoms with van der Waals surface area (Å²) in [5.41, 5.74) is 9.34. The Hall–Kier alpha value is -3.12. The second kappa shape index (κ2) is 7.86. The fraction of sp³-hybridized carbons (Fsp3) is 0.0909. The number of anilines is 2. The Morgan fingerprint density at radius 2 is 1.93 bits per heavy atom. The van der Waals surface area contributed by atoms with Crippen molar-refractivity contribution in [2.45, 2.75) is 13.0 Å². The lowest BCUT2D eigenvalue weighted by atomic mass is 10.0. The van der Waals surface area contributed by atoms with Crippen LogP contribution in [-0.4, -0.2) is 10.8 Å². The van der Waals surface area contributed by atoms with Crippen LogP contribution in [0.15, 0.2) is 75.8 Å². The SMILES string of the molecule is Nc1ncccc1NCc1cccc(CC(=O)c2cc3cc(Br)ccc3o2)c1. The number of carbonyl (C=O) groups excluding carboxylic acids is 1. The molecule has 0 aliphatic carbocycles. The summed E-state index contributed by atoms with van der Waals surface area (Å²) in [5, 5.41) is 4.18. The zero-order valence-electron chi connectivity index (χ0n) is 15.0. The summed E-state index contributed by atoms with van der Waals surface area (Å²) >= 11 is 3.43. The van der Waals surface area contributed by atoms with Crippen LogP contribution in [0.2, 0.25) is 0 Å². The number of pyridine rings is 1. The van der Waals surface area contributed by atoms with Crippen LogP contribution in [0.4, 0.5) is 11.5 Å². The summed E-state index contributed by atoms with van der Waals surface area (Å²) in [5.74, 6) is 0.791. The number of rotatable bonds is 6. The van der Waals surface area contributed by atoms with Gasteiger partial charge in [0.15, 0.2) is 5.76 Å². The molecule has 2 aromatic heterocycles. The molecular formula is C22H18BrN3O2. The first kappa shape index (κ1) is 18.3. The van der Waals surface area contributed by atoms with E-state index in [0.29, 0.717) is 23.7 Å². The first-order valence-electron chi connectivity index (χ1n) is 8.83. The zero-order chi connectivity index (χ0) is 19.5. The lowest BCUT2D eigenvalue weighted by Crippen LogP contribution is -2.05. The van der Waals surface area contributed by atoms with Gasteiger partial charge in [0, 0.05) is 29.0 Å². The van der Waals surface area contributed by atoms with Gasteiger partial charge in [-0.05, 0) is 47.5 Å². The number of hydrogen-bond donors (Lipinski definition) is 2. The van der Waals surface area contributed by atoms with Crippen molar-refractivity contribution < 1.29 is 9.21 Å². The molecule has 28 heavy (non-hydrogen) atoms. The number of Topliss-reactive ketones (excluding diaryl/α,β-unsaturated/α-hetero) is 1. The van der Waals surface area contributed by atoms with E-state index in [1.54, 1.807) is 12.3 Å². The predicted octanol–water partition coefficient (Wildman–Crippen LogP) is 5.21. The van der Waals surface area contributed by atoms with Gasteiger partial charge >= 0.3 is 0 Å². The van der Waals surface area contributed by atoms with Gasteiger partial charge in [-0.1, -0.05) is 40.2 Å². The van der Waals surface area contributed by atoms with Crippen LogP contribution in [0, 0.1) is 0 Å². The van der Waals surface area contributed by atoms with Crippen LogP contribution < -0.4 is 11.1 Å². The Morgan fingerprint density at radius 1 is 1.07 bits per heavy atom. The van der Waals surface area contributed by atoms with Gasteiger partial charge in [0.25, 0.3) is 0 Å². The van der Waals surface area contributed by atoms with E-state index < -0.39 is 0 Å². The highest BCUT2D eigenvalue weighted by molar-refractivity contribution is 9.10. The van der Waals surface area contributed by atoms with Crippen molar-refractivity contribution >= 4 is 44.2 Å². The van der Waals surface area contributed by atoms with E-state index in [-0.39, 0.29) is 12.2 Å². The molecule has 0 aliphatic rings. The number of benzene rings is 2. The Labute approximate surface area is 170 Å². The molecule has 0 amide bonds. The molecule has 0 saturated heterocycles. The van der Waals surface area contributed by atoms with Crippen LogP contribution in [0.5, 0.6) is 0 Å². The standard InChI is InChI=1S/C22H18BrN3O2/c23-17-6-7-20-16(11-17)12-21(28-20)19(27)10-14-3-1-4-15(9-14)13-26-18-5-2-8-25-22(18)24/h1-9,11-12,26H,10,13H2,(H2,24,25). The summed E-state index contributed by atoms with van der Waals surface area (Å²) in [6, 6.07) is 19.1. The topological polar surface area (TPSA) is 81.1 Å². The average molecular weight is 436 g/mol. The zero-order valence-corrected chi connectivity index (χ0v) is 16.6. The number of fused-ring (bicyclic) bond motifs is 1. The second-order valence-electron chi connectivity index (χ2n) is 6.50. The second-order valence-corrected chi connectivity index (χ2v) is 7.42. The first-order valence-corrected chi connectivity index (χ1v) is 9.62. The van der Waals surface area contributed by atoms with Crippen molar-refractivity contribution in [3.63, 3.8) is 0 Å². The number of nitrogens with zero attached hydrogens (tertiary/aromatic N) is 1. The Morgan fingerprint density at radius 3 is 2.79 bits per heavy atom. The highest BCUT2D eigenvalue weighted by Gasteiger charge is 2.13. The van der Waals surface area contributed by atoms with E-state index in [9.17, 15) is 4.79 Å². The fourth-order valence-electron chi connectivity index (χ4n) is 3.04. The number of nitrogens with one attached hydrogen (secondary N) is 1. The summed E-state index contributed by atoms with van der Waals surface area (Å²) in [7, 11) is 0. The number of ketones is 1. The molecule has 4 aromatic rings. The average Bonchev–Trinajstić information content (AvgIpc) is 3.11. The van der Waals surface area contributed by atoms with Gasteiger partial charge in [-0.3, -0.25) is 4.79 Å². The third-order valence-electron chi connectivity index (χ3n) is 4.43. The van der Waals surface area contributed by atoms with Crippen LogP contribution in [0.3, 0.4) is 0 Å². The third-order valence-corrected chi connectivity index (χ3v) is 4.92. The maximum absolute atomic E-state index is 12.7. The number of hydrogen-bond acceptors (Lipinski definition) is 5. The highest BCUT2D eigenvalue weighted by Crippen LogP contribution is 2.24. The lowest BCUT2D eigenvalue weighted by Gasteiger charge is -2.09. The molecular weight excluding hydrogens is 418 g/mol. The highest BCUT2D eigenvalue weighted by atomic mass is 79.9. The number of furan rings is 1. The van der Waals surface area contributed by atoms with Crippen LogP contribution in [0.25, 0.3) is 11.0 Å². The van der Waals surface area contributed by atoms with E-state index >= 15 is 0 Å². The van der Waals surface area contributed by atoms with Gasteiger partial charge in [0.05, 0.1) is 5.69 Å². The van der Waals surface area contributed by atoms with E-state index in [0.717, 1.165) is 26.7 Å². The normalized spacial score (nSPS) is 10.9. The summed E-state index contributed by atoms with van der Waals surface area (Å²) in [4.78, 5) is 16.7. The molecule has 0 fully saturated rings. The molecule has 4 rings (SSSR count). The monoisotopic (exact) mass is 435 g/mol. The van der Waals surface area contributed by atoms with E-state index in [1.807, 2.05) is 54.6 Å². The maximum atomic E-state index is 12.7. The Kier molecular flexibility index (Phi) is 5.12. The van der Waals surface area contributed by atoms with E-state index in [1.165, 1.54) is 0 Å². The van der Waals surface area contributed by atoms with Crippen molar-refractivity contribution in [3.05, 3.63) is 88.2 Å². The van der Waals surface area contributed by atoms with Gasteiger partial charge in [-0.25, -0.2) is 4.98 Å². The van der Waals surface area contributed by atoms with Gasteiger partial charge in [-0.2, -0.15) is 0 Å². The third kappa shape index (κ3) is 4.07. The number of nitrogens with two attached hydrogens (primary N) is 1. The molecule has 0 bridgehead atoms. The lowest BCUT2D eigenvalue weighted by molar-refractivity contribution is 0.0968. The molecule has 5 nitrogen and oxygen atoms in total. The quantitative estimate of drug-likeness (QED) is 0.406. The fourth-order valence-corrected chi connectivity index (χ4v) is 3.42. The Balaban J connectivity index is 1.46. The summed E-state index contributed by atoms with van der Waals surface area (Å²) in [6.45, 7) is 0.594. The van der Waals surface area contributed by atoms with Crippen molar-refractivity contribution in [3.8, 4) is 0 Å². The van der Waals surface area contributed by atoms with Gasteiger partial charge in [0.1, 0.15) is 11.4 Å².